The molecule has 2 aliphatic heterocycles. The van der Waals surface area contributed by atoms with Crippen molar-refractivity contribution < 1.29 is 14.1 Å². The summed E-state index contributed by atoms with van der Waals surface area (Å²) in [7, 11) is 1.73. The van der Waals surface area contributed by atoms with Crippen molar-refractivity contribution in [2.75, 3.05) is 13.6 Å². The Labute approximate surface area is 206 Å². The van der Waals surface area contributed by atoms with Crippen molar-refractivity contribution in [1.82, 2.24) is 15.8 Å². The number of aliphatic imine (C=N–C) groups is 2. The van der Waals surface area contributed by atoms with Gasteiger partial charge in [0.15, 0.2) is 11.9 Å². The summed E-state index contributed by atoms with van der Waals surface area (Å²) in [6.07, 6.45) is 1.20. The molecule has 0 saturated heterocycles. The Hall–Kier alpha value is -3.01. The number of benzene rings is 1. The lowest BCUT2D eigenvalue weighted by atomic mass is 9.99. The molecule has 2 N–H and O–H groups in total. The van der Waals surface area contributed by atoms with E-state index in [1.165, 1.54) is 18.3 Å². The van der Waals surface area contributed by atoms with Crippen LogP contribution in [0.5, 0.6) is 5.75 Å². The van der Waals surface area contributed by atoms with E-state index in [4.69, 9.17) is 20.9 Å². The van der Waals surface area contributed by atoms with Crippen molar-refractivity contribution in [3.05, 3.63) is 61.1 Å². The Morgan fingerprint density at radius 3 is 3.03 bits per heavy atom. The minimum atomic E-state index is -0.280. The summed E-state index contributed by atoms with van der Waals surface area (Å²) in [5, 5.41) is 11.1. The monoisotopic (exact) mass is 497 g/mol. The molecule has 0 radical (unpaired) electrons. The third-order valence-electron chi connectivity index (χ3n) is 5.97. The van der Waals surface area contributed by atoms with E-state index in [-0.39, 0.29) is 12.0 Å². The topological polar surface area (TPSA) is 101 Å². The molecular weight excluding hydrogens is 474 g/mol. The number of hydrogen-bond acceptors (Lipinski definition) is 8. The van der Waals surface area contributed by atoms with E-state index in [1.54, 1.807) is 7.05 Å². The van der Waals surface area contributed by atoms with Crippen LogP contribution in [0.1, 0.15) is 50.9 Å². The van der Waals surface area contributed by atoms with Gasteiger partial charge in [0.25, 0.3) is 0 Å². The number of nitrogens with zero attached hydrogens (tertiary/aromatic N) is 3. The zero-order chi connectivity index (χ0) is 23.8. The van der Waals surface area contributed by atoms with Gasteiger partial charge in [-0.25, -0.2) is 0 Å². The van der Waals surface area contributed by atoms with E-state index >= 15 is 0 Å². The van der Waals surface area contributed by atoms with Crippen molar-refractivity contribution >= 4 is 47.0 Å². The molecule has 0 saturated carbocycles. The highest BCUT2D eigenvalue weighted by molar-refractivity contribution is 7.15. The van der Waals surface area contributed by atoms with E-state index in [0.717, 1.165) is 63.2 Å². The number of thiophene rings is 1. The largest absolute Gasteiger partial charge is 0.481 e. The number of hydrogen-bond donors (Lipinski definition) is 2. The fourth-order valence-electron chi connectivity index (χ4n) is 4.42. The van der Waals surface area contributed by atoms with Crippen LogP contribution in [-0.4, -0.2) is 37.1 Å². The first-order valence-corrected chi connectivity index (χ1v) is 12.2. The lowest BCUT2D eigenvalue weighted by Gasteiger charge is -2.15. The number of ether oxygens (including phenoxy) is 1. The van der Waals surface area contributed by atoms with Crippen LogP contribution in [0.3, 0.4) is 0 Å². The average Bonchev–Trinajstić information content (AvgIpc) is 3.54. The fraction of sp³-hybridized carbons (Fsp3) is 0.333. The van der Waals surface area contributed by atoms with Gasteiger partial charge in [0.1, 0.15) is 5.75 Å². The smallest absolute Gasteiger partial charge is 0.217 e. The Morgan fingerprint density at radius 2 is 2.26 bits per heavy atom. The van der Waals surface area contributed by atoms with Gasteiger partial charge in [-0.1, -0.05) is 16.8 Å². The molecule has 1 aromatic carbocycles. The Kier molecular flexibility index (Phi) is 6.24. The van der Waals surface area contributed by atoms with Gasteiger partial charge in [0.2, 0.25) is 5.91 Å². The number of aromatic nitrogens is 1. The van der Waals surface area contributed by atoms with Crippen molar-refractivity contribution in [1.29, 1.82) is 0 Å². The number of fused-ring (bicyclic) bond motifs is 2. The number of amides is 1. The molecule has 1 atom stereocenters. The zero-order valence-electron chi connectivity index (χ0n) is 18.9. The maximum atomic E-state index is 11.4. The third-order valence-corrected chi connectivity index (χ3v) is 7.32. The molecular formula is C24H24ClN5O3S. The van der Waals surface area contributed by atoms with Crippen LogP contribution in [0.4, 0.5) is 5.69 Å². The standard InChI is InChI=1S/C24H24ClN5O3S/c1-12(31)29-10-15-9-19(26-2)24(34-15)21(27-3)16-8-14(25)6-13-7-20(32-22(13)16)23-17-11-28-5-4-18(17)30-33-23/h6,8-9,20,28H,2,4-5,7,10-11H2,1,3H3,(H,29,31). The van der Waals surface area contributed by atoms with Gasteiger partial charge in [0.05, 0.1) is 28.5 Å². The highest BCUT2D eigenvalue weighted by Crippen LogP contribution is 2.44. The van der Waals surface area contributed by atoms with Gasteiger partial charge in [0, 0.05) is 66.5 Å². The van der Waals surface area contributed by atoms with Gasteiger partial charge in [-0.05, 0) is 24.9 Å². The molecule has 2 aliphatic rings. The minimum Gasteiger partial charge on any atom is -0.481 e. The normalized spacial score (nSPS) is 17.1. The molecule has 1 unspecified atom stereocenters. The molecule has 1 amide bonds. The van der Waals surface area contributed by atoms with E-state index in [0.29, 0.717) is 29.4 Å². The lowest BCUT2D eigenvalue weighted by Crippen LogP contribution is -2.24. The van der Waals surface area contributed by atoms with Crippen molar-refractivity contribution in [3.8, 4) is 5.75 Å². The summed E-state index contributed by atoms with van der Waals surface area (Å²) in [5.41, 5.74) is 5.27. The first-order chi connectivity index (χ1) is 16.5. The molecule has 0 bridgehead atoms. The molecule has 0 aliphatic carbocycles. The number of nitrogens with one attached hydrogen (secondary N) is 2. The Balaban J connectivity index is 1.51. The summed E-state index contributed by atoms with van der Waals surface area (Å²) in [6, 6.07) is 5.71. The minimum absolute atomic E-state index is 0.0932. The van der Waals surface area contributed by atoms with Crippen LogP contribution in [0.2, 0.25) is 5.02 Å². The molecule has 3 aromatic rings. The van der Waals surface area contributed by atoms with Gasteiger partial charge < -0.3 is 19.9 Å². The number of rotatable bonds is 6. The molecule has 8 nitrogen and oxygen atoms in total. The third kappa shape index (κ3) is 4.15. The van der Waals surface area contributed by atoms with E-state index < -0.39 is 0 Å². The van der Waals surface area contributed by atoms with Crippen molar-refractivity contribution in [2.45, 2.75) is 39.0 Å². The van der Waals surface area contributed by atoms with Gasteiger partial charge in [-0.15, -0.1) is 11.3 Å². The predicted molar refractivity (Wildman–Crippen MR) is 133 cm³/mol. The maximum absolute atomic E-state index is 11.4. The van der Waals surface area contributed by atoms with Gasteiger partial charge >= 0.3 is 0 Å². The molecule has 34 heavy (non-hydrogen) atoms. The van der Waals surface area contributed by atoms with E-state index in [9.17, 15) is 4.79 Å². The second kappa shape index (κ2) is 9.32. The highest BCUT2D eigenvalue weighted by Gasteiger charge is 2.35. The summed E-state index contributed by atoms with van der Waals surface area (Å²) in [4.78, 5) is 21.9. The Bertz CT molecular complexity index is 1310. The molecule has 4 heterocycles. The second-order valence-electron chi connectivity index (χ2n) is 8.22. The molecule has 10 heteroatoms. The van der Waals surface area contributed by atoms with Crippen LogP contribution in [0.15, 0.2) is 32.7 Å². The molecule has 0 spiro atoms. The SMILES string of the molecule is C=Nc1cc(CNC(C)=O)sc1C(=NC)c1cc(Cl)cc2c1OC(c1onc3c1CNCC3)C2. The highest BCUT2D eigenvalue weighted by atomic mass is 35.5. The first-order valence-electron chi connectivity index (χ1n) is 11.0. The van der Waals surface area contributed by atoms with Crippen LogP contribution in [-0.2, 0) is 30.7 Å². The van der Waals surface area contributed by atoms with Crippen LogP contribution in [0, 0.1) is 0 Å². The fourth-order valence-corrected chi connectivity index (χ4v) is 5.77. The summed E-state index contributed by atoms with van der Waals surface area (Å²) in [5.74, 6) is 1.40. The van der Waals surface area contributed by atoms with Crippen LogP contribution >= 0.6 is 22.9 Å². The van der Waals surface area contributed by atoms with Gasteiger partial charge in [-0.2, -0.15) is 0 Å². The van der Waals surface area contributed by atoms with Crippen LogP contribution < -0.4 is 15.4 Å². The maximum Gasteiger partial charge on any atom is 0.217 e. The molecule has 2 aromatic heterocycles. The van der Waals surface area contributed by atoms with Crippen molar-refractivity contribution in [2.24, 2.45) is 9.98 Å². The number of halogens is 1. The average molecular weight is 498 g/mol. The molecule has 5 rings (SSSR count). The summed E-state index contributed by atoms with van der Waals surface area (Å²) >= 11 is 8.04. The van der Waals surface area contributed by atoms with Crippen LogP contribution in [0.25, 0.3) is 0 Å². The molecule has 176 valence electrons. The Morgan fingerprint density at radius 1 is 1.41 bits per heavy atom. The van der Waals surface area contributed by atoms with Gasteiger partial charge in [-0.3, -0.25) is 14.8 Å². The summed E-state index contributed by atoms with van der Waals surface area (Å²) in [6.45, 7) is 7.24. The van der Waals surface area contributed by atoms with Crippen molar-refractivity contribution in [3.63, 3.8) is 0 Å². The number of carbonyl (C=O) groups is 1. The second-order valence-corrected chi connectivity index (χ2v) is 9.79. The lowest BCUT2D eigenvalue weighted by molar-refractivity contribution is -0.119. The molecule has 0 fully saturated rings. The first kappa shape index (κ1) is 22.8. The number of carbonyl (C=O) groups excluding carboxylic acids is 1. The quantitative estimate of drug-likeness (QED) is 0.498. The zero-order valence-corrected chi connectivity index (χ0v) is 20.5. The summed E-state index contributed by atoms with van der Waals surface area (Å²) < 4.78 is 12.2. The van der Waals surface area contributed by atoms with E-state index in [2.05, 4.69) is 32.5 Å². The predicted octanol–water partition coefficient (Wildman–Crippen LogP) is 4.15. The van der Waals surface area contributed by atoms with E-state index in [1.807, 2.05) is 18.2 Å².